The zero-order valence-electron chi connectivity index (χ0n) is 12.3. The number of carbonyl (C=O) groups is 2. The molecular formula is C16H20N2O3. The highest BCUT2D eigenvalue weighted by molar-refractivity contribution is 5.99. The van der Waals surface area contributed by atoms with Crippen molar-refractivity contribution < 1.29 is 14.3 Å². The Balaban J connectivity index is 1.85. The number of morpholine rings is 1. The molecular weight excluding hydrogens is 268 g/mol. The number of aryl methyl sites for hydroxylation is 1. The summed E-state index contributed by atoms with van der Waals surface area (Å²) in [4.78, 5) is 28.0. The SMILES string of the molecule is CCN1C(=O)CCc2cc(C(=O)N3CCOCC3)ccc21. The maximum Gasteiger partial charge on any atom is 0.254 e. The van der Waals surface area contributed by atoms with E-state index in [0.717, 1.165) is 17.7 Å². The average Bonchev–Trinajstić information content (AvgIpc) is 2.54. The van der Waals surface area contributed by atoms with E-state index in [2.05, 4.69) is 0 Å². The van der Waals surface area contributed by atoms with Gasteiger partial charge in [0.1, 0.15) is 0 Å². The first-order valence-corrected chi connectivity index (χ1v) is 7.51. The topological polar surface area (TPSA) is 49.9 Å². The molecule has 3 rings (SSSR count). The molecule has 112 valence electrons. The summed E-state index contributed by atoms with van der Waals surface area (Å²) >= 11 is 0. The molecule has 0 saturated carbocycles. The molecule has 21 heavy (non-hydrogen) atoms. The third-order valence-corrected chi connectivity index (χ3v) is 4.14. The number of hydrogen-bond acceptors (Lipinski definition) is 3. The van der Waals surface area contributed by atoms with Crippen LogP contribution in [-0.2, 0) is 16.0 Å². The number of nitrogens with zero attached hydrogens (tertiary/aromatic N) is 2. The Hall–Kier alpha value is -1.88. The van der Waals surface area contributed by atoms with E-state index in [1.54, 1.807) is 4.90 Å². The number of hydrogen-bond donors (Lipinski definition) is 0. The second-order valence-corrected chi connectivity index (χ2v) is 5.39. The summed E-state index contributed by atoms with van der Waals surface area (Å²) in [5, 5.41) is 0. The molecule has 0 radical (unpaired) electrons. The summed E-state index contributed by atoms with van der Waals surface area (Å²) < 4.78 is 5.28. The molecule has 5 heteroatoms. The predicted molar refractivity (Wildman–Crippen MR) is 79.5 cm³/mol. The fourth-order valence-corrected chi connectivity index (χ4v) is 2.99. The van der Waals surface area contributed by atoms with Crippen molar-refractivity contribution in [3.63, 3.8) is 0 Å². The molecule has 0 atom stereocenters. The van der Waals surface area contributed by atoms with Gasteiger partial charge in [-0.3, -0.25) is 9.59 Å². The van der Waals surface area contributed by atoms with Gasteiger partial charge in [0, 0.05) is 37.3 Å². The van der Waals surface area contributed by atoms with Crippen LogP contribution in [0, 0.1) is 0 Å². The molecule has 0 bridgehead atoms. The van der Waals surface area contributed by atoms with Gasteiger partial charge >= 0.3 is 0 Å². The number of benzene rings is 1. The van der Waals surface area contributed by atoms with Crippen LogP contribution in [0.3, 0.4) is 0 Å². The van der Waals surface area contributed by atoms with Crippen LogP contribution < -0.4 is 4.90 Å². The van der Waals surface area contributed by atoms with Crippen molar-refractivity contribution in [2.75, 3.05) is 37.7 Å². The molecule has 1 aromatic rings. The molecule has 1 fully saturated rings. The average molecular weight is 288 g/mol. The van der Waals surface area contributed by atoms with Crippen LogP contribution in [0.2, 0.25) is 0 Å². The summed E-state index contributed by atoms with van der Waals surface area (Å²) in [6.07, 6.45) is 1.24. The largest absolute Gasteiger partial charge is 0.378 e. The van der Waals surface area contributed by atoms with Crippen LogP contribution in [0.5, 0.6) is 0 Å². The molecule has 1 saturated heterocycles. The highest BCUT2D eigenvalue weighted by atomic mass is 16.5. The molecule has 2 aliphatic heterocycles. The summed E-state index contributed by atoms with van der Waals surface area (Å²) in [6.45, 7) is 5.15. The van der Waals surface area contributed by atoms with Crippen molar-refractivity contribution in [2.24, 2.45) is 0 Å². The monoisotopic (exact) mass is 288 g/mol. The molecule has 0 aliphatic carbocycles. The van der Waals surface area contributed by atoms with Gasteiger partial charge in [0.05, 0.1) is 13.2 Å². The third-order valence-electron chi connectivity index (χ3n) is 4.14. The Morgan fingerprint density at radius 2 is 2.00 bits per heavy atom. The van der Waals surface area contributed by atoms with Gasteiger partial charge in [0.25, 0.3) is 5.91 Å². The second kappa shape index (κ2) is 5.85. The van der Waals surface area contributed by atoms with E-state index in [0.29, 0.717) is 44.8 Å². The Bertz CT molecular complexity index is 565. The lowest BCUT2D eigenvalue weighted by Crippen LogP contribution is -2.41. The van der Waals surface area contributed by atoms with Crippen LogP contribution in [0.15, 0.2) is 18.2 Å². The van der Waals surface area contributed by atoms with Crippen LogP contribution in [0.25, 0.3) is 0 Å². The van der Waals surface area contributed by atoms with E-state index >= 15 is 0 Å². The van der Waals surface area contributed by atoms with Gasteiger partial charge in [-0.25, -0.2) is 0 Å². The normalized spacial score (nSPS) is 18.6. The van der Waals surface area contributed by atoms with Crippen molar-refractivity contribution in [2.45, 2.75) is 19.8 Å². The molecule has 5 nitrogen and oxygen atoms in total. The molecule has 0 spiro atoms. The Labute approximate surface area is 124 Å². The van der Waals surface area contributed by atoms with Crippen molar-refractivity contribution in [3.8, 4) is 0 Å². The van der Waals surface area contributed by atoms with Gasteiger partial charge in [-0.15, -0.1) is 0 Å². The lowest BCUT2D eigenvalue weighted by atomic mass is 9.98. The number of anilines is 1. The fraction of sp³-hybridized carbons (Fsp3) is 0.500. The van der Waals surface area contributed by atoms with Crippen molar-refractivity contribution in [1.82, 2.24) is 4.90 Å². The number of amides is 2. The van der Waals surface area contributed by atoms with E-state index < -0.39 is 0 Å². The van der Waals surface area contributed by atoms with Gasteiger partial charge in [-0.05, 0) is 37.1 Å². The molecule has 0 aromatic heterocycles. The molecule has 0 unspecified atom stereocenters. The Kier molecular flexibility index (Phi) is 3.92. The van der Waals surface area contributed by atoms with Crippen LogP contribution >= 0.6 is 0 Å². The minimum atomic E-state index is 0.0565. The highest BCUT2D eigenvalue weighted by Gasteiger charge is 2.25. The van der Waals surface area contributed by atoms with E-state index in [4.69, 9.17) is 4.74 Å². The number of ether oxygens (including phenoxy) is 1. The smallest absolute Gasteiger partial charge is 0.254 e. The van der Waals surface area contributed by atoms with Gasteiger partial charge in [-0.2, -0.15) is 0 Å². The predicted octanol–water partition coefficient (Wildman–Crippen LogP) is 1.46. The van der Waals surface area contributed by atoms with Gasteiger partial charge in [0.2, 0.25) is 5.91 Å². The zero-order valence-corrected chi connectivity index (χ0v) is 12.3. The van der Waals surface area contributed by atoms with Crippen molar-refractivity contribution in [3.05, 3.63) is 29.3 Å². The molecule has 2 amide bonds. The van der Waals surface area contributed by atoms with Crippen LogP contribution in [-0.4, -0.2) is 49.6 Å². The highest BCUT2D eigenvalue weighted by Crippen LogP contribution is 2.29. The van der Waals surface area contributed by atoms with E-state index in [1.807, 2.05) is 30.0 Å². The van der Waals surface area contributed by atoms with Crippen molar-refractivity contribution in [1.29, 1.82) is 0 Å². The van der Waals surface area contributed by atoms with Gasteiger partial charge < -0.3 is 14.5 Å². The first kappa shape index (κ1) is 14.1. The summed E-state index contributed by atoms with van der Waals surface area (Å²) in [5.74, 6) is 0.221. The maximum absolute atomic E-state index is 12.5. The number of rotatable bonds is 2. The Morgan fingerprint density at radius 3 is 2.71 bits per heavy atom. The zero-order chi connectivity index (χ0) is 14.8. The maximum atomic E-state index is 12.5. The molecule has 2 heterocycles. The first-order valence-electron chi connectivity index (χ1n) is 7.51. The molecule has 0 N–H and O–H groups in total. The third kappa shape index (κ3) is 2.65. The van der Waals surface area contributed by atoms with E-state index in [1.165, 1.54) is 0 Å². The summed E-state index contributed by atoms with van der Waals surface area (Å²) in [7, 11) is 0. The van der Waals surface area contributed by atoms with Gasteiger partial charge in [0.15, 0.2) is 0 Å². The van der Waals surface area contributed by atoms with Crippen LogP contribution in [0.1, 0.15) is 29.3 Å². The molecule has 2 aliphatic rings. The van der Waals surface area contributed by atoms with E-state index in [9.17, 15) is 9.59 Å². The van der Waals surface area contributed by atoms with E-state index in [-0.39, 0.29) is 11.8 Å². The van der Waals surface area contributed by atoms with Crippen LogP contribution in [0.4, 0.5) is 5.69 Å². The first-order chi connectivity index (χ1) is 10.2. The molecule has 1 aromatic carbocycles. The number of carbonyl (C=O) groups excluding carboxylic acids is 2. The number of fused-ring (bicyclic) bond motifs is 1. The minimum Gasteiger partial charge on any atom is -0.378 e. The fourth-order valence-electron chi connectivity index (χ4n) is 2.99. The van der Waals surface area contributed by atoms with Crippen molar-refractivity contribution >= 4 is 17.5 Å². The second-order valence-electron chi connectivity index (χ2n) is 5.39. The lowest BCUT2D eigenvalue weighted by molar-refractivity contribution is -0.118. The standard InChI is InChI=1S/C16H20N2O3/c1-2-18-14-5-3-13(11-12(14)4-6-15(18)19)16(20)17-7-9-21-10-8-17/h3,5,11H,2,4,6-10H2,1H3. The lowest BCUT2D eigenvalue weighted by Gasteiger charge is -2.30. The van der Waals surface area contributed by atoms with Gasteiger partial charge in [-0.1, -0.05) is 0 Å². The summed E-state index contributed by atoms with van der Waals surface area (Å²) in [5.41, 5.74) is 2.75. The summed E-state index contributed by atoms with van der Waals surface area (Å²) in [6, 6.07) is 5.68. The Morgan fingerprint density at radius 1 is 1.24 bits per heavy atom. The minimum absolute atomic E-state index is 0.0565. The quantitative estimate of drug-likeness (QED) is 0.828.